The van der Waals surface area contributed by atoms with E-state index in [1.165, 1.54) is 5.56 Å². The van der Waals surface area contributed by atoms with Gasteiger partial charge in [0.15, 0.2) is 0 Å². The fourth-order valence-electron chi connectivity index (χ4n) is 4.51. The molecule has 1 aromatic heterocycles. The molecule has 0 spiro atoms. The predicted molar refractivity (Wildman–Crippen MR) is 124 cm³/mol. The Hall–Kier alpha value is -2.86. The van der Waals surface area contributed by atoms with Gasteiger partial charge in [0, 0.05) is 32.2 Å². The smallest absolute Gasteiger partial charge is 0.329 e. The summed E-state index contributed by atoms with van der Waals surface area (Å²) in [5.74, 6) is -0.0794. The lowest BCUT2D eigenvalue weighted by Gasteiger charge is -2.32. The van der Waals surface area contributed by atoms with E-state index in [0.717, 1.165) is 56.4 Å². The number of para-hydroxylation sites is 2. The van der Waals surface area contributed by atoms with Crippen LogP contribution >= 0.6 is 0 Å². The van der Waals surface area contributed by atoms with Gasteiger partial charge < -0.3 is 10.2 Å². The minimum absolute atomic E-state index is 0.0737. The van der Waals surface area contributed by atoms with E-state index in [0.29, 0.717) is 6.54 Å². The number of hydrogen-bond acceptors (Lipinski definition) is 3. The van der Waals surface area contributed by atoms with Gasteiger partial charge in [-0.05, 0) is 43.4 Å². The Labute approximate surface area is 183 Å². The van der Waals surface area contributed by atoms with Crippen LogP contribution in [-0.2, 0) is 24.3 Å². The number of nitrogens with one attached hydrogen (secondary N) is 1. The van der Waals surface area contributed by atoms with Crippen LogP contribution in [0.1, 0.15) is 31.7 Å². The Morgan fingerprint density at radius 1 is 0.935 bits per heavy atom. The van der Waals surface area contributed by atoms with Crippen LogP contribution in [0, 0.1) is 0 Å². The van der Waals surface area contributed by atoms with Gasteiger partial charge in [0.05, 0.1) is 11.0 Å². The summed E-state index contributed by atoms with van der Waals surface area (Å²) in [6.07, 6.45) is 3.84. The van der Waals surface area contributed by atoms with Gasteiger partial charge in [0.1, 0.15) is 6.54 Å². The second-order valence-electron chi connectivity index (χ2n) is 8.43. The number of nitrogens with zero attached hydrogens (tertiary/aromatic N) is 3. The van der Waals surface area contributed by atoms with Gasteiger partial charge in [-0.15, -0.1) is 0 Å². The lowest BCUT2D eigenvalue weighted by atomic mass is 10.0. The maximum atomic E-state index is 12.9. The molecule has 164 valence electrons. The van der Waals surface area contributed by atoms with Gasteiger partial charge >= 0.3 is 5.69 Å². The number of carbonyl (C=O) groups is 1. The first kappa shape index (κ1) is 21.4. The van der Waals surface area contributed by atoms with E-state index in [4.69, 9.17) is 0 Å². The molecule has 6 heteroatoms. The first-order valence-electron chi connectivity index (χ1n) is 11.4. The molecule has 1 saturated heterocycles. The lowest BCUT2D eigenvalue weighted by Crippen LogP contribution is -2.46. The number of carbonyl (C=O) groups excluding carboxylic acids is 1. The van der Waals surface area contributed by atoms with Crippen LogP contribution in [0.15, 0.2) is 59.4 Å². The number of aromatic nitrogens is 2. The molecule has 1 amide bonds. The first-order chi connectivity index (χ1) is 15.2. The van der Waals surface area contributed by atoms with Crippen LogP contribution in [0.2, 0.25) is 0 Å². The highest BCUT2D eigenvalue weighted by Crippen LogP contribution is 2.14. The summed E-state index contributed by atoms with van der Waals surface area (Å²) in [5.41, 5.74) is 2.99. The summed E-state index contributed by atoms with van der Waals surface area (Å²) in [7, 11) is 0. The van der Waals surface area contributed by atoms with Crippen LogP contribution in [0.3, 0.4) is 0 Å². The normalized spacial score (nSPS) is 15.4. The van der Waals surface area contributed by atoms with Crippen LogP contribution in [0.4, 0.5) is 0 Å². The molecule has 2 aromatic carbocycles. The Morgan fingerprint density at radius 3 is 2.26 bits per heavy atom. The fourth-order valence-corrected chi connectivity index (χ4v) is 4.51. The molecule has 0 saturated carbocycles. The summed E-state index contributed by atoms with van der Waals surface area (Å²) in [5, 5.41) is 3.16. The summed E-state index contributed by atoms with van der Waals surface area (Å²) in [6, 6.07) is 18.5. The molecular weight excluding hydrogens is 388 g/mol. The zero-order valence-electron chi connectivity index (χ0n) is 18.3. The number of fused-ring (bicyclic) bond motifs is 1. The maximum Gasteiger partial charge on any atom is 0.329 e. The van der Waals surface area contributed by atoms with Gasteiger partial charge in [-0.25, -0.2) is 4.79 Å². The van der Waals surface area contributed by atoms with Gasteiger partial charge in [-0.2, -0.15) is 0 Å². The predicted octanol–water partition coefficient (Wildman–Crippen LogP) is 3.04. The quantitative estimate of drug-likeness (QED) is 0.609. The molecule has 1 aliphatic heterocycles. The Kier molecular flexibility index (Phi) is 6.87. The van der Waals surface area contributed by atoms with E-state index in [1.807, 2.05) is 30.3 Å². The zero-order chi connectivity index (χ0) is 21.6. The molecule has 0 atom stereocenters. The highest BCUT2D eigenvalue weighted by Gasteiger charge is 2.22. The molecule has 0 radical (unpaired) electrons. The number of likely N-dealkylation sites (tertiary alicyclic amines) is 1. The van der Waals surface area contributed by atoms with Crippen molar-refractivity contribution in [1.82, 2.24) is 19.4 Å². The average Bonchev–Trinajstić information content (AvgIpc) is 3.05. The molecule has 3 aromatic rings. The Balaban J connectivity index is 1.31. The van der Waals surface area contributed by atoms with Crippen molar-refractivity contribution in [3.63, 3.8) is 0 Å². The van der Waals surface area contributed by atoms with Gasteiger partial charge in [0.2, 0.25) is 5.91 Å². The molecule has 1 aliphatic rings. The van der Waals surface area contributed by atoms with E-state index in [2.05, 4.69) is 41.4 Å². The summed E-state index contributed by atoms with van der Waals surface area (Å²) in [6.45, 7) is 5.83. The van der Waals surface area contributed by atoms with Crippen molar-refractivity contribution in [2.24, 2.45) is 0 Å². The Morgan fingerprint density at radius 2 is 1.58 bits per heavy atom. The van der Waals surface area contributed by atoms with E-state index >= 15 is 0 Å². The number of aryl methyl sites for hydroxylation is 1. The Bertz CT molecular complexity index is 1060. The van der Waals surface area contributed by atoms with Gasteiger partial charge in [0.25, 0.3) is 0 Å². The van der Waals surface area contributed by atoms with Crippen molar-refractivity contribution in [2.75, 3.05) is 19.6 Å². The van der Waals surface area contributed by atoms with Crippen molar-refractivity contribution in [1.29, 1.82) is 0 Å². The highest BCUT2D eigenvalue weighted by molar-refractivity contribution is 5.81. The summed E-state index contributed by atoms with van der Waals surface area (Å²) < 4.78 is 3.38. The van der Waals surface area contributed by atoms with Crippen LogP contribution in [0.25, 0.3) is 11.0 Å². The largest absolute Gasteiger partial charge is 0.352 e. The zero-order valence-corrected chi connectivity index (χ0v) is 18.3. The fraction of sp³-hybridized carbons (Fsp3) is 0.440. The summed E-state index contributed by atoms with van der Waals surface area (Å²) >= 11 is 0. The van der Waals surface area contributed by atoms with E-state index in [9.17, 15) is 9.59 Å². The average molecular weight is 421 g/mol. The van der Waals surface area contributed by atoms with Crippen molar-refractivity contribution in [2.45, 2.75) is 51.7 Å². The number of benzene rings is 2. The van der Waals surface area contributed by atoms with E-state index in [1.54, 1.807) is 9.13 Å². The van der Waals surface area contributed by atoms with Gasteiger partial charge in [-0.1, -0.05) is 49.4 Å². The van der Waals surface area contributed by atoms with Crippen molar-refractivity contribution in [3.05, 3.63) is 70.6 Å². The molecule has 6 nitrogen and oxygen atoms in total. The molecule has 1 fully saturated rings. The molecule has 31 heavy (non-hydrogen) atoms. The second kappa shape index (κ2) is 9.96. The number of hydrogen-bond donors (Lipinski definition) is 1. The maximum absolute atomic E-state index is 12.9. The highest BCUT2D eigenvalue weighted by atomic mass is 16.2. The third-order valence-electron chi connectivity index (χ3n) is 6.19. The lowest BCUT2D eigenvalue weighted by molar-refractivity contribution is -0.122. The van der Waals surface area contributed by atoms with Crippen LogP contribution < -0.4 is 11.0 Å². The third kappa shape index (κ3) is 5.07. The SMILES string of the molecule is CCCn1c(=O)n(CC(=O)NC2CCN(CCc3ccccc3)CC2)c2ccccc21. The first-order valence-corrected chi connectivity index (χ1v) is 11.4. The molecule has 0 aliphatic carbocycles. The van der Waals surface area contributed by atoms with Crippen LogP contribution in [0.5, 0.6) is 0 Å². The van der Waals surface area contributed by atoms with Crippen molar-refractivity contribution < 1.29 is 4.79 Å². The minimum Gasteiger partial charge on any atom is -0.352 e. The van der Waals surface area contributed by atoms with Crippen LogP contribution in [-0.4, -0.2) is 45.6 Å². The minimum atomic E-state index is -0.103. The van der Waals surface area contributed by atoms with Gasteiger partial charge in [-0.3, -0.25) is 13.9 Å². The van der Waals surface area contributed by atoms with E-state index < -0.39 is 0 Å². The molecular formula is C25H32N4O2. The second-order valence-corrected chi connectivity index (χ2v) is 8.43. The third-order valence-corrected chi connectivity index (χ3v) is 6.19. The number of piperidine rings is 1. The number of amides is 1. The van der Waals surface area contributed by atoms with E-state index in [-0.39, 0.29) is 24.2 Å². The molecule has 4 rings (SSSR count). The monoisotopic (exact) mass is 420 g/mol. The summed E-state index contributed by atoms with van der Waals surface area (Å²) in [4.78, 5) is 28.1. The number of rotatable bonds is 8. The topological polar surface area (TPSA) is 59.3 Å². The molecule has 1 N–H and O–H groups in total. The molecule has 2 heterocycles. The number of imidazole rings is 1. The van der Waals surface area contributed by atoms with Crippen molar-refractivity contribution >= 4 is 16.9 Å². The molecule has 0 unspecified atom stereocenters. The standard InChI is InChI=1S/C25H32N4O2/c1-2-15-28-22-10-6-7-11-23(22)29(25(28)31)19-24(30)26-21-13-17-27(18-14-21)16-12-20-8-4-3-5-9-20/h3-11,21H,2,12-19H2,1H3,(H,26,30). The van der Waals surface area contributed by atoms with Crippen molar-refractivity contribution in [3.8, 4) is 0 Å². The molecule has 0 bridgehead atoms.